The lowest BCUT2D eigenvalue weighted by molar-refractivity contribution is -0.118. The van der Waals surface area contributed by atoms with Gasteiger partial charge in [-0.2, -0.15) is 15.2 Å². The van der Waals surface area contributed by atoms with Crippen molar-refractivity contribution in [3.8, 4) is 0 Å². The number of aromatic nitrogens is 1. The van der Waals surface area contributed by atoms with E-state index >= 15 is 0 Å². The van der Waals surface area contributed by atoms with Gasteiger partial charge in [0.25, 0.3) is 11.8 Å². The van der Waals surface area contributed by atoms with Gasteiger partial charge in [-0.15, -0.1) is 0 Å². The molecule has 1 aliphatic rings. The van der Waals surface area contributed by atoms with Crippen LogP contribution in [-0.4, -0.2) is 28.2 Å². The fourth-order valence-corrected chi connectivity index (χ4v) is 2.56. The molecular weight excluding hydrogens is 318 g/mol. The molecule has 7 nitrogen and oxygen atoms in total. The number of hydrogen-bond acceptors (Lipinski definition) is 5. The molecule has 25 heavy (non-hydrogen) atoms. The zero-order valence-electron chi connectivity index (χ0n) is 13.9. The van der Waals surface area contributed by atoms with Crippen LogP contribution in [0.15, 0.2) is 64.9 Å². The highest BCUT2D eigenvalue weighted by molar-refractivity contribution is 6.27. The van der Waals surface area contributed by atoms with Gasteiger partial charge in [0.1, 0.15) is 11.6 Å². The van der Waals surface area contributed by atoms with Crippen LogP contribution in [0, 0.1) is 5.92 Å². The van der Waals surface area contributed by atoms with E-state index in [9.17, 15) is 9.59 Å². The number of carbonyl (C=O) groups excluding carboxylic acids is 2. The maximum absolute atomic E-state index is 12.7. The van der Waals surface area contributed by atoms with Gasteiger partial charge in [0, 0.05) is 6.20 Å². The standard InChI is InChI=1S/C18H17N5O2/c1-12(20-21-17(24)15-10-6-7-11-19-15)16-13(2)22-23(18(16)25)14-8-4-3-5-9-14/h3-11,16H,1-2H3,(H,21,24). The molecule has 0 radical (unpaired) electrons. The normalized spacial score (nSPS) is 17.4. The predicted molar refractivity (Wildman–Crippen MR) is 95.3 cm³/mol. The SMILES string of the molecule is CC(=NNC(=O)c1ccccn1)C1C(=O)N(c2ccccc2)N=C1C. The van der Waals surface area contributed by atoms with Crippen LogP contribution in [0.4, 0.5) is 5.69 Å². The molecule has 1 N–H and O–H groups in total. The summed E-state index contributed by atoms with van der Waals surface area (Å²) in [5, 5.41) is 9.74. The van der Waals surface area contributed by atoms with Crippen molar-refractivity contribution < 1.29 is 9.59 Å². The van der Waals surface area contributed by atoms with Crippen LogP contribution in [0.3, 0.4) is 0 Å². The van der Waals surface area contributed by atoms with Gasteiger partial charge in [0.15, 0.2) is 0 Å². The van der Waals surface area contributed by atoms with Crippen molar-refractivity contribution in [1.82, 2.24) is 10.4 Å². The third-order valence-electron chi connectivity index (χ3n) is 3.78. The molecule has 2 amide bonds. The van der Waals surface area contributed by atoms with Crippen molar-refractivity contribution in [2.45, 2.75) is 13.8 Å². The van der Waals surface area contributed by atoms with Crippen LogP contribution < -0.4 is 10.4 Å². The Bertz CT molecular complexity index is 846. The third kappa shape index (κ3) is 3.45. The summed E-state index contributed by atoms with van der Waals surface area (Å²) in [4.78, 5) is 28.6. The van der Waals surface area contributed by atoms with Crippen molar-refractivity contribution in [2.24, 2.45) is 16.1 Å². The highest BCUT2D eigenvalue weighted by Gasteiger charge is 2.36. The Morgan fingerprint density at radius 3 is 2.56 bits per heavy atom. The van der Waals surface area contributed by atoms with Crippen molar-refractivity contribution in [2.75, 3.05) is 5.01 Å². The molecule has 2 heterocycles. The molecule has 2 aromatic rings. The van der Waals surface area contributed by atoms with E-state index < -0.39 is 11.8 Å². The second-order valence-corrected chi connectivity index (χ2v) is 5.57. The van der Waals surface area contributed by atoms with Crippen LogP contribution in [0.5, 0.6) is 0 Å². The molecule has 126 valence electrons. The van der Waals surface area contributed by atoms with Crippen LogP contribution in [0.2, 0.25) is 0 Å². The number of amides is 2. The molecule has 7 heteroatoms. The summed E-state index contributed by atoms with van der Waals surface area (Å²) in [6.07, 6.45) is 1.53. The molecule has 3 rings (SSSR count). The number of benzene rings is 1. The molecule has 0 saturated carbocycles. The Labute approximate surface area is 145 Å². The summed E-state index contributed by atoms with van der Waals surface area (Å²) in [6, 6.07) is 14.2. The zero-order valence-corrected chi connectivity index (χ0v) is 13.9. The number of rotatable bonds is 4. The smallest absolute Gasteiger partial charge is 0.271 e. The predicted octanol–water partition coefficient (Wildman–Crippen LogP) is 2.23. The number of hydrogen-bond donors (Lipinski definition) is 1. The van der Waals surface area contributed by atoms with Crippen molar-refractivity contribution in [3.63, 3.8) is 0 Å². The van der Waals surface area contributed by atoms with Gasteiger partial charge in [-0.1, -0.05) is 24.3 Å². The van der Waals surface area contributed by atoms with E-state index in [2.05, 4.69) is 20.6 Å². The van der Waals surface area contributed by atoms with Gasteiger partial charge < -0.3 is 0 Å². The van der Waals surface area contributed by atoms with E-state index in [1.54, 1.807) is 32.0 Å². The van der Waals surface area contributed by atoms with Crippen molar-refractivity contribution >= 4 is 28.9 Å². The Hall–Kier alpha value is -3.35. The molecule has 1 aromatic carbocycles. The Balaban J connectivity index is 1.74. The number of pyridine rings is 1. The molecule has 0 spiro atoms. The number of nitrogens with zero attached hydrogens (tertiary/aromatic N) is 4. The van der Waals surface area contributed by atoms with E-state index in [1.807, 2.05) is 30.3 Å². The fourth-order valence-electron chi connectivity index (χ4n) is 2.56. The van der Waals surface area contributed by atoms with Crippen LogP contribution in [-0.2, 0) is 4.79 Å². The van der Waals surface area contributed by atoms with Gasteiger partial charge >= 0.3 is 0 Å². The summed E-state index contributed by atoms with van der Waals surface area (Å²) >= 11 is 0. The zero-order chi connectivity index (χ0) is 17.8. The fraction of sp³-hybridized carbons (Fsp3) is 0.167. The van der Waals surface area contributed by atoms with E-state index in [0.29, 0.717) is 17.1 Å². The first-order chi connectivity index (χ1) is 12.1. The van der Waals surface area contributed by atoms with E-state index in [-0.39, 0.29) is 11.6 Å². The number of nitrogens with one attached hydrogen (secondary N) is 1. The van der Waals surface area contributed by atoms with E-state index in [0.717, 1.165) is 0 Å². The average molecular weight is 335 g/mol. The van der Waals surface area contributed by atoms with Gasteiger partial charge in [0.05, 0.1) is 17.1 Å². The summed E-state index contributed by atoms with van der Waals surface area (Å²) in [5.74, 6) is -1.22. The Kier molecular flexibility index (Phi) is 4.65. The first kappa shape index (κ1) is 16.5. The second-order valence-electron chi connectivity index (χ2n) is 5.57. The Morgan fingerprint density at radius 2 is 1.88 bits per heavy atom. The number of hydrazone groups is 2. The molecule has 0 saturated heterocycles. The lowest BCUT2D eigenvalue weighted by Crippen LogP contribution is -2.33. The Morgan fingerprint density at radius 1 is 1.16 bits per heavy atom. The average Bonchev–Trinajstić information content (AvgIpc) is 2.95. The molecule has 1 aromatic heterocycles. The molecule has 1 aliphatic heterocycles. The highest BCUT2D eigenvalue weighted by Crippen LogP contribution is 2.24. The lowest BCUT2D eigenvalue weighted by atomic mass is 9.99. The lowest BCUT2D eigenvalue weighted by Gasteiger charge is -2.14. The minimum atomic E-state index is -0.593. The maximum atomic E-state index is 12.7. The van der Waals surface area contributed by atoms with Crippen LogP contribution >= 0.6 is 0 Å². The first-order valence-corrected chi connectivity index (χ1v) is 7.77. The van der Waals surface area contributed by atoms with E-state index in [1.165, 1.54) is 11.2 Å². The maximum Gasteiger partial charge on any atom is 0.289 e. The number of para-hydroxylation sites is 1. The first-order valence-electron chi connectivity index (χ1n) is 7.77. The topological polar surface area (TPSA) is 87.0 Å². The number of carbonyl (C=O) groups is 2. The largest absolute Gasteiger partial charge is 0.289 e. The summed E-state index contributed by atoms with van der Waals surface area (Å²) < 4.78 is 0. The van der Waals surface area contributed by atoms with Gasteiger partial charge in [-0.05, 0) is 38.1 Å². The molecule has 1 unspecified atom stereocenters. The summed E-state index contributed by atoms with van der Waals surface area (Å²) in [6.45, 7) is 3.46. The minimum absolute atomic E-state index is 0.197. The summed E-state index contributed by atoms with van der Waals surface area (Å²) in [7, 11) is 0. The van der Waals surface area contributed by atoms with Gasteiger partial charge in [-0.3, -0.25) is 14.6 Å². The highest BCUT2D eigenvalue weighted by atomic mass is 16.2. The van der Waals surface area contributed by atoms with E-state index in [4.69, 9.17) is 0 Å². The minimum Gasteiger partial charge on any atom is -0.271 e. The van der Waals surface area contributed by atoms with Crippen LogP contribution in [0.1, 0.15) is 24.3 Å². The molecular formula is C18H17N5O2. The molecule has 1 atom stereocenters. The van der Waals surface area contributed by atoms with Crippen molar-refractivity contribution in [3.05, 3.63) is 60.4 Å². The molecule has 0 bridgehead atoms. The van der Waals surface area contributed by atoms with Gasteiger partial charge in [-0.25, -0.2) is 5.43 Å². The second kappa shape index (κ2) is 7.04. The van der Waals surface area contributed by atoms with Gasteiger partial charge in [0.2, 0.25) is 0 Å². The number of anilines is 1. The monoisotopic (exact) mass is 335 g/mol. The molecule has 0 aliphatic carbocycles. The quantitative estimate of drug-likeness (QED) is 0.686. The van der Waals surface area contributed by atoms with Crippen molar-refractivity contribution in [1.29, 1.82) is 0 Å². The summed E-state index contributed by atoms with van der Waals surface area (Å²) in [5.41, 5.74) is 4.48. The molecule has 0 fully saturated rings. The van der Waals surface area contributed by atoms with Crippen LogP contribution in [0.25, 0.3) is 0 Å². The third-order valence-corrected chi connectivity index (χ3v) is 3.78.